The number of carbonyl (C=O) groups is 3. The minimum absolute atomic E-state index is 0.147. The third-order valence-corrected chi connectivity index (χ3v) is 5.16. The Labute approximate surface area is 174 Å². The van der Waals surface area contributed by atoms with E-state index in [0.717, 1.165) is 36.9 Å². The van der Waals surface area contributed by atoms with Crippen molar-refractivity contribution >= 4 is 17.7 Å². The number of esters is 1. The molecule has 0 spiro atoms. The zero-order valence-corrected chi connectivity index (χ0v) is 17.1. The van der Waals surface area contributed by atoms with E-state index < -0.39 is 30.8 Å². The molecule has 1 saturated heterocycles. The topological polar surface area (TPSA) is 86.6 Å². The first-order chi connectivity index (χ1) is 14.4. The second kappa shape index (κ2) is 9.67. The van der Waals surface area contributed by atoms with Crippen molar-refractivity contribution in [3.05, 3.63) is 58.7 Å². The number of aryl methyl sites for hydroxylation is 1. The average Bonchev–Trinajstić information content (AvgIpc) is 3.34. The van der Waals surface area contributed by atoms with E-state index in [1.54, 1.807) is 6.07 Å². The standard InChI is InChI=1S/C22H25FN2O5/c1-14-10-18(15(2)25(14)12-16-6-5-9-29-16)20(26)13-30-21(27)11-24-22(28)17-7-3-4-8-19(17)23/h3-4,7-8,10,16H,5-6,9,11-13H2,1-2H3,(H,24,28)/t16-/m0/s1. The smallest absolute Gasteiger partial charge is 0.325 e. The van der Waals surface area contributed by atoms with E-state index in [0.29, 0.717) is 12.1 Å². The Balaban J connectivity index is 1.51. The number of nitrogens with one attached hydrogen (secondary N) is 1. The number of aromatic nitrogens is 1. The molecule has 1 aromatic heterocycles. The molecular formula is C22H25FN2O5. The number of Topliss-reactive ketones (excluding diaryl/α,β-unsaturated/α-hetero) is 1. The lowest BCUT2D eigenvalue weighted by molar-refractivity contribution is -0.141. The van der Waals surface area contributed by atoms with Gasteiger partial charge in [0.05, 0.1) is 11.7 Å². The first kappa shape index (κ1) is 21.7. The molecule has 1 aromatic carbocycles. The van der Waals surface area contributed by atoms with Crippen molar-refractivity contribution in [1.29, 1.82) is 0 Å². The molecule has 1 aliphatic rings. The maximum atomic E-state index is 13.6. The van der Waals surface area contributed by atoms with Crippen molar-refractivity contribution in [2.75, 3.05) is 19.8 Å². The van der Waals surface area contributed by atoms with Gasteiger partial charge in [-0.1, -0.05) is 12.1 Å². The second-order valence-corrected chi connectivity index (χ2v) is 7.28. The van der Waals surface area contributed by atoms with Gasteiger partial charge in [0.1, 0.15) is 12.4 Å². The van der Waals surface area contributed by atoms with Gasteiger partial charge in [0, 0.05) is 30.1 Å². The molecule has 8 heteroatoms. The number of ether oxygens (including phenoxy) is 2. The summed E-state index contributed by atoms with van der Waals surface area (Å²) in [5, 5.41) is 2.29. The Morgan fingerprint density at radius 1 is 1.23 bits per heavy atom. The van der Waals surface area contributed by atoms with E-state index in [2.05, 4.69) is 5.32 Å². The zero-order valence-electron chi connectivity index (χ0n) is 17.1. The summed E-state index contributed by atoms with van der Waals surface area (Å²) in [6, 6.07) is 7.22. The van der Waals surface area contributed by atoms with E-state index in [9.17, 15) is 18.8 Å². The third kappa shape index (κ3) is 5.13. The van der Waals surface area contributed by atoms with Crippen molar-refractivity contribution in [1.82, 2.24) is 9.88 Å². The summed E-state index contributed by atoms with van der Waals surface area (Å²) < 4.78 is 26.3. The number of amides is 1. The number of halogens is 1. The van der Waals surface area contributed by atoms with Gasteiger partial charge in [0.15, 0.2) is 6.61 Å². The van der Waals surface area contributed by atoms with E-state index in [4.69, 9.17) is 9.47 Å². The predicted molar refractivity (Wildman–Crippen MR) is 107 cm³/mol. The highest BCUT2D eigenvalue weighted by Crippen LogP contribution is 2.20. The minimum Gasteiger partial charge on any atom is -0.456 e. The number of hydrogen-bond donors (Lipinski definition) is 1. The molecule has 0 bridgehead atoms. The predicted octanol–water partition coefficient (Wildman–Crippen LogP) is 2.58. The maximum Gasteiger partial charge on any atom is 0.325 e. The van der Waals surface area contributed by atoms with Gasteiger partial charge in [-0.05, 0) is 44.9 Å². The lowest BCUT2D eigenvalue weighted by Crippen LogP contribution is -2.32. The van der Waals surface area contributed by atoms with Crippen LogP contribution in [0.4, 0.5) is 4.39 Å². The molecule has 2 heterocycles. The van der Waals surface area contributed by atoms with Gasteiger partial charge in [0.2, 0.25) is 5.78 Å². The van der Waals surface area contributed by atoms with Crippen LogP contribution < -0.4 is 5.32 Å². The normalized spacial score (nSPS) is 15.8. The Kier molecular flexibility index (Phi) is 6.99. The molecule has 2 aromatic rings. The van der Waals surface area contributed by atoms with Crippen LogP contribution in [0.3, 0.4) is 0 Å². The summed E-state index contributed by atoms with van der Waals surface area (Å²) >= 11 is 0. The first-order valence-corrected chi connectivity index (χ1v) is 9.86. The molecule has 160 valence electrons. The van der Waals surface area contributed by atoms with Crippen LogP contribution in [-0.4, -0.2) is 48.1 Å². The summed E-state index contributed by atoms with van der Waals surface area (Å²) in [4.78, 5) is 36.3. The minimum atomic E-state index is -0.777. The average molecular weight is 416 g/mol. The van der Waals surface area contributed by atoms with Crippen LogP contribution in [0, 0.1) is 19.7 Å². The number of benzene rings is 1. The van der Waals surface area contributed by atoms with Crippen LogP contribution in [0.5, 0.6) is 0 Å². The van der Waals surface area contributed by atoms with Crippen LogP contribution in [-0.2, 0) is 20.8 Å². The van der Waals surface area contributed by atoms with Crippen LogP contribution >= 0.6 is 0 Å². The van der Waals surface area contributed by atoms with Gasteiger partial charge in [-0.2, -0.15) is 0 Å². The molecule has 0 saturated carbocycles. The van der Waals surface area contributed by atoms with Crippen molar-refractivity contribution in [2.45, 2.75) is 39.3 Å². The highest BCUT2D eigenvalue weighted by Gasteiger charge is 2.22. The Bertz CT molecular complexity index is 947. The number of nitrogens with zero attached hydrogens (tertiary/aromatic N) is 1. The van der Waals surface area contributed by atoms with Gasteiger partial charge in [-0.15, -0.1) is 0 Å². The van der Waals surface area contributed by atoms with Gasteiger partial charge < -0.3 is 19.4 Å². The summed E-state index contributed by atoms with van der Waals surface area (Å²) in [7, 11) is 0. The Morgan fingerprint density at radius 2 is 2.00 bits per heavy atom. The van der Waals surface area contributed by atoms with Crippen molar-refractivity contribution in [3.8, 4) is 0 Å². The van der Waals surface area contributed by atoms with Crippen molar-refractivity contribution < 1.29 is 28.2 Å². The monoisotopic (exact) mass is 416 g/mol. The summed E-state index contributed by atoms with van der Waals surface area (Å²) in [5.74, 6) is -2.51. The Morgan fingerprint density at radius 3 is 2.70 bits per heavy atom. The zero-order chi connectivity index (χ0) is 21.7. The molecular weight excluding hydrogens is 391 g/mol. The molecule has 0 aliphatic carbocycles. The molecule has 0 unspecified atom stereocenters. The number of carbonyl (C=O) groups excluding carboxylic acids is 3. The lowest BCUT2D eigenvalue weighted by Gasteiger charge is -2.14. The molecule has 1 amide bonds. The van der Waals surface area contributed by atoms with Gasteiger partial charge in [-0.25, -0.2) is 4.39 Å². The van der Waals surface area contributed by atoms with E-state index in [1.807, 2.05) is 18.4 Å². The quantitative estimate of drug-likeness (QED) is 0.528. The van der Waals surface area contributed by atoms with Crippen LogP contribution in [0.25, 0.3) is 0 Å². The summed E-state index contributed by atoms with van der Waals surface area (Å²) in [6.07, 6.45) is 2.18. The number of rotatable bonds is 8. The van der Waals surface area contributed by atoms with Crippen LogP contribution in [0.15, 0.2) is 30.3 Å². The number of hydrogen-bond acceptors (Lipinski definition) is 5. The molecule has 3 rings (SSSR count). The van der Waals surface area contributed by atoms with Gasteiger partial charge in [-0.3, -0.25) is 14.4 Å². The SMILES string of the molecule is Cc1cc(C(=O)COC(=O)CNC(=O)c2ccccc2F)c(C)n1C[C@@H]1CCCO1. The van der Waals surface area contributed by atoms with Crippen molar-refractivity contribution in [3.63, 3.8) is 0 Å². The third-order valence-electron chi connectivity index (χ3n) is 5.16. The van der Waals surface area contributed by atoms with Crippen LogP contribution in [0.1, 0.15) is 44.9 Å². The van der Waals surface area contributed by atoms with E-state index in [-0.39, 0.29) is 17.5 Å². The first-order valence-electron chi connectivity index (χ1n) is 9.86. The number of ketones is 1. The molecule has 1 N–H and O–H groups in total. The molecule has 0 radical (unpaired) electrons. The van der Waals surface area contributed by atoms with Crippen LogP contribution in [0.2, 0.25) is 0 Å². The molecule has 1 aliphatic heterocycles. The summed E-state index contributed by atoms with van der Waals surface area (Å²) in [6.45, 7) is 4.33. The highest BCUT2D eigenvalue weighted by molar-refractivity contribution is 6.00. The van der Waals surface area contributed by atoms with Gasteiger partial charge >= 0.3 is 5.97 Å². The fraction of sp³-hybridized carbons (Fsp3) is 0.409. The maximum absolute atomic E-state index is 13.6. The molecule has 30 heavy (non-hydrogen) atoms. The highest BCUT2D eigenvalue weighted by atomic mass is 19.1. The van der Waals surface area contributed by atoms with E-state index >= 15 is 0 Å². The fourth-order valence-electron chi connectivity index (χ4n) is 3.52. The largest absolute Gasteiger partial charge is 0.456 e. The molecule has 1 fully saturated rings. The van der Waals surface area contributed by atoms with E-state index in [1.165, 1.54) is 18.2 Å². The fourth-order valence-corrected chi connectivity index (χ4v) is 3.52. The lowest BCUT2D eigenvalue weighted by atomic mass is 10.1. The van der Waals surface area contributed by atoms with Crippen molar-refractivity contribution in [2.24, 2.45) is 0 Å². The van der Waals surface area contributed by atoms with Gasteiger partial charge in [0.25, 0.3) is 5.91 Å². The second-order valence-electron chi connectivity index (χ2n) is 7.28. The molecule has 1 atom stereocenters. The Hall–Kier alpha value is -3.00. The summed E-state index contributed by atoms with van der Waals surface area (Å²) in [5.41, 5.74) is 2.07. The molecule has 7 nitrogen and oxygen atoms in total.